The SMILES string of the molecule is Cc1c(N)nc(SCC2=C(C(=O)O)N3C(=O)C(NC(=O)/C=N\O[C@@](C)(C(=O)O)c4csc(N)n4)C3SC2)[n+](N)c1N. The molecule has 0 aliphatic carbocycles. The molecule has 0 bridgehead atoms. The number of anilines is 3. The molecule has 2 aromatic rings. The zero-order chi connectivity index (χ0) is 30.2. The summed E-state index contributed by atoms with van der Waals surface area (Å²) in [5, 5.41) is 26.4. The smallest absolute Gasteiger partial charge is 0.357 e. The number of rotatable bonds is 10. The van der Waals surface area contributed by atoms with Gasteiger partial charge in [0.1, 0.15) is 29.0 Å². The second kappa shape index (κ2) is 11.3. The molecule has 218 valence electrons. The van der Waals surface area contributed by atoms with E-state index in [1.165, 1.54) is 24.1 Å². The van der Waals surface area contributed by atoms with Gasteiger partial charge in [0.25, 0.3) is 17.4 Å². The Labute approximate surface area is 243 Å². The number of nitrogens with zero attached hydrogens (tertiary/aromatic N) is 5. The van der Waals surface area contributed by atoms with Crippen LogP contribution in [0.4, 0.5) is 16.8 Å². The molecular formula is C21H25N10O7S3+. The van der Waals surface area contributed by atoms with Gasteiger partial charge in [0, 0.05) is 16.9 Å². The zero-order valence-electron chi connectivity index (χ0n) is 21.4. The molecule has 2 unspecified atom stereocenters. The van der Waals surface area contributed by atoms with Gasteiger partial charge in [-0.15, -0.1) is 27.8 Å². The summed E-state index contributed by atoms with van der Waals surface area (Å²) in [7, 11) is 0. The highest BCUT2D eigenvalue weighted by Gasteiger charge is 2.54. The number of hydrogen-bond donors (Lipinski definition) is 7. The van der Waals surface area contributed by atoms with Crippen molar-refractivity contribution in [2.75, 3.05) is 34.5 Å². The maximum Gasteiger partial charge on any atom is 0.357 e. The molecule has 0 aromatic carbocycles. The number of β-lactam (4-membered cyclic amide) rings is 1. The molecule has 2 aliphatic heterocycles. The van der Waals surface area contributed by atoms with Crippen LogP contribution >= 0.6 is 34.9 Å². The van der Waals surface area contributed by atoms with E-state index in [1.54, 1.807) is 6.92 Å². The predicted molar refractivity (Wildman–Crippen MR) is 150 cm³/mol. The maximum atomic E-state index is 12.9. The van der Waals surface area contributed by atoms with E-state index in [0.717, 1.165) is 32.7 Å². The van der Waals surface area contributed by atoms with E-state index in [-0.39, 0.29) is 44.8 Å². The number of hydrogen-bond acceptors (Lipinski definition) is 15. The van der Waals surface area contributed by atoms with Crippen molar-refractivity contribution in [2.45, 2.75) is 36.0 Å². The van der Waals surface area contributed by atoms with Crippen molar-refractivity contribution >= 4 is 81.6 Å². The number of thioether (sulfide) groups is 2. The van der Waals surface area contributed by atoms with Crippen molar-refractivity contribution in [1.82, 2.24) is 20.2 Å². The lowest BCUT2D eigenvalue weighted by Crippen LogP contribution is -2.70. The van der Waals surface area contributed by atoms with Crippen molar-refractivity contribution in [1.29, 1.82) is 0 Å². The molecule has 1 saturated heterocycles. The van der Waals surface area contributed by atoms with Gasteiger partial charge in [-0.2, -0.15) is 0 Å². The number of amides is 2. The average molecular weight is 626 g/mol. The van der Waals surface area contributed by atoms with E-state index in [0.29, 0.717) is 17.4 Å². The summed E-state index contributed by atoms with van der Waals surface area (Å²) in [6.07, 6.45) is 0.671. The van der Waals surface area contributed by atoms with E-state index in [4.69, 9.17) is 27.9 Å². The van der Waals surface area contributed by atoms with E-state index in [9.17, 15) is 29.4 Å². The Kier molecular flexibility index (Phi) is 8.17. The Morgan fingerprint density at radius 3 is 2.66 bits per heavy atom. The molecule has 11 N–H and O–H groups in total. The third-order valence-electron chi connectivity index (χ3n) is 6.20. The largest absolute Gasteiger partial charge is 0.478 e. The predicted octanol–water partition coefficient (Wildman–Crippen LogP) is -1.57. The summed E-state index contributed by atoms with van der Waals surface area (Å²) < 4.78 is 1.15. The van der Waals surface area contributed by atoms with E-state index < -0.39 is 40.8 Å². The molecule has 0 saturated carbocycles. The monoisotopic (exact) mass is 625 g/mol. The molecule has 3 atom stereocenters. The molecule has 20 heteroatoms. The minimum Gasteiger partial charge on any atom is -0.478 e. The molecule has 0 spiro atoms. The fourth-order valence-electron chi connectivity index (χ4n) is 3.78. The highest BCUT2D eigenvalue weighted by Crippen LogP contribution is 2.41. The molecule has 2 amide bonds. The average Bonchev–Trinajstić information content (AvgIpc) is 3.37. The van der Waals surface area contributed by atoms with Crippen LogP contribution in [0, 0.1) is 6.92 Å². The van der Waals surface area contributed by atoms with Crippen LogP contribution in [0.2, 0.25) is 0 Å². The van der Waals surface area contributed by atoms with Crippen LogP contribution in [0.5, 0.6) is 0 Å². The first kappa shape index (κ1) is 29.7. The van der Waals surface area contributed by atoms with Crippen LogP contribution in [-0.4, -0.2) is 78.0 Å². The van der Waals surface area contributed by atoms with E-state index in [2.05, 4.69) is 20.4 Å². The molecule has 2 aromatic heterocycles. The van der Waals surface area contributed by atoms with Crippen molar-refractivity contribution < 1.29 is 38.9 Å². The van der Waals surface area contributed by atoms with Gasteiger partial charge >= 0.3 is 17.1 Å². The first-order chi connectivity index (χ1) is 19.3. The van der Waals surface area contributed by atoms with Crippen LogP contribution in [0.1, 0.15) is 18.2 Å². The summed E-state index contributed by atoms with van der Waals surface area (Å²) in [4.78, 5) is 63.5. The van der Waals surface area contributed by atoms with E-state index >= 15 is 0 Å². The van der Waals surface area contributed by atoms with Crippen LogP contribution in [0.3, 0.4) is 0 Å². The van der Waals surface area contributed by atoms with Crippen LogP contribution < -0.4 is 33.0 Å². The van der Waals surface area contributed by atoms with Crippen LogP contribution in [0.25, 0.3) is 0 Å². The van der Waals surface area contributed by atoms with E-state index in [1.807, 2.05) is 0 Å². The summed E-state index contributed by atoms with van der Waals surface area (Å²) >= 11 is 3.36. The number of carbonyl (C=O) groups excluding carboxylic acids is 2. The lowest BCUT2D eigenvalue weighted by molar-refractivity contribution is -0.667. The van der Waals surface area contributed by atoms with Crippen molar-refractivity contribution in [2.24, 2.45) is 5.16 Å². The minimum absolute atomic E-state index is 0.0122. The minimum atomic E-state index is -2.02. The number of aromatic nitrogens is 3. The van der Waals surface area contributed by atoms with Gasteiger partial charge in [0.2, 0.25) is 11.6 Å². The zero-order valence-corrected chi connectivity index (χ0v) is 23.9. The number of aliphatic carboxylic acids is 2. The second-order valence-electron chi connectivity index (χ2n) is 8.84. The third-order valence-corrected chi connectivity index (χ3v) is 9.25. The summed E-state index contributed by atoms with van der Waals surface area (Å²) in [5.74, 6) is 2.49. The Bertz CT molecular complexity index is 1510. The topological polar surface area (TPSA) is 279 Å². The maximum absolute atomic E-state index is 12.9. The normalized spacial score (nSPS) is 19.9. The lowest BCUT2D eigenvalue weighted by Gasteiger charge is -2.49. The van der Waals surface area contributed by atoms with Gasteiger partial charge in [0.05, 0.1) is 5.56 Å². The number of carboxylic acids is 2. The lowest BCUT2D eigenvalue weighted by atomic mass is 10.0. The van der Waals surface area contributed by atoms with Crippen molar-refractivity contribution in [3.63, 3.8) is 0 Å². The molecule has 4 rings (SSSR count). The Hall–Kier alpha value is -4.30. The summed E-state index contributed by atoms with van der Waals surface area (Å²) in [6.45, 7) is 2.85. The molecule has 41 heavy (non-hydrogen) atoms. The Morgan fingerprint density at radius 2 is 2.05 bits per heavy atom. The fourth-order valence-corrected chi connectivity index (χ4v) is 6.85. The number of thiazole rings is 1. The van der Waals surface area contributed by atoms with Crippen molar-refractivity contribution in [3.8, 4) is 0 Å². The van der Waals surface area contributed by atoms with Gasteiger partial charge in [-0.3, -0.25) is 20.3 Å². The van der Waals surface area contributed by atoms with Gasteiger partial charge in [-0.25, -0.2) is 14.6 Å². The molecular weight excluding hydrogens is 600 g/mol. The highest BCUT2D eigenvalue weighted by atomic mass is 32.2. The number of oxime groups is 1. The number of carbonyl (C=O) groups is 4. The van der Waals surface area contributed by atoms with Crippen LogP contribution in [0.15, 0.2) is 27.0 Å². The number of fused-ring (bicyclic) bond motifs is 1. The summed E-state index contributed by atoms with van der Waals surface area (Å²) in [6, 6.07) is -1.05. The third kappa shape index (κ3) is 5.52. The molecule has 2 aliphatic rings. The quantitative estimate of drug-likeness (QED) is 0.0298. The van der Waals surface area contributed by atoms with Gasteiger partial charge in [-0.05, 0) is 31.2 Å². The standard InChI is InChI=1S/C21H24N10O7S3/c1-7-13(22)29-20(31(25)14(7)23)41-5-8-4-39-16-11(15(33)30(16)12(8)17(34)35)28-10(32)3-26-38-21(2,18(36)37)9-6-40-19(24)27-9/h3,6,11,16H,4-5,25H2,1-2H3,(H8,22,23,24,27,28,32,34,35,36,37)/p+1/b26-3-/t11?,16?,21-/m1/s1. The first-order valence-corrected chi connectivity index (χ1v) is 14.4. The van der Waals surface area contributed by atoms with Gasteiger partial charge in [-0.1, -0.05) is 10.1 Å². The Morgan fingerprint density at radius 1 is 1.34 bits per heavy atom. The molecule has 4 heterocycles. The second-order valence-corrected chi connectivity index (χ2v) is 11.8. The Balaban J connectivity index is 1.42. The first-order valence-electron chi connectivity index (χ1n) is 11.5. The number of carboxylic acid groups (broad SMARTS) is 2. The van der Waals surface area contributed by atoms with Crippen LogP contribution in [-0.2, 0) is 29.6 Å². The molecule has 0 radical (unpaired) electrons. The number of nitrogens with two attached hydrogens (primary N) is 4. The highest BCUT2D eigenvalue weighted by molar-refractivity contribution is 8.01. The number of nitrogen functional groups attached to an aromatic ring is 4. The fraction of sp³-hybridized carbons (Fsp3) is 0.333. The van der Waals surface area contributed by atoms with Crippen molar-refractivity contribution in [3.05, 3.63) is 27.9 Å². The summed E-state index contributed by atoms with van der Waals surface area (Å²) in [5.41, 5.74) is 16.1. The van der Waals surface area contributed by atoms with Gasteiger partial charge in [0.15, 0.2) is 5.13 Å². The van der Waals surface area contributed by atoms with Gasteiger partial charge < -0.3 is 37.6 Å². The number of nitrogens with one attached hydrogen (secondary N) is 1. The molecule has 1 fully saturated rings. The molecule has 17 nitrogen and oxygen atoms in total.